The molecule has 0 atom stereocenters. The lowest BCUT2D eigenvalue weighted by Gasteiger charge is -2.19. The van der Waals surface area contributed by atoms with Gasteiger partial charge in [-0.05, 0) is 59.5 Å². The van der Waals surface area contributed by atoms with E-state index in [2.05, 4.69) is 10.6 Å². The number of alkyl carbamates (subject to hydrolysis) is 1. The molecule has 130 valence electrons. The maximum absolute atomic E-state index is 11.4. The fourth-order valence-electron chi connectivity index (χ4n) is 1.88. The molecule has 6 nitrogen and oxygen atoms in total. The van der Waals surface area contributed by atoms with Gasteiger partial charge in [0.15, 0.2) is 0 Å². The number of carboxylic acid groups (broad SMARTS) is 1. The fourth-order valence-corrected chi connectivity index (χ4v) is 1.88. The minimum atomic E-state index is -0.722. The zero-order valence-electron chi connectivity index (χ0n) is 14.2. The van der Waals surface area contributed by atoms with Crippen molar-refractivity contribution in [1.82, 2.24) is 10.6 Å². The van der Waals surface area contributed by atoms with Crippen LogP contribution in [0.2, 0.25) is 0 Å². The number of carbonyl (C=O) groups is 2. The highest BCUT2D eigenvalue weighted by molar-refractivity contribution is 5.67. The van der Waals surface area contributed by atoms with E-state index in [1.807, 2.05) is 20.8 Å². The van der Waals surface area contributed by atoms with Crippen LogP contribution in [0.1, 0.15) is 65.7 Å². The van der Waals surface area contributed by atoms with E-state index >= 15 is 0 Å². The molecule has 0 fully saturated rings. The summed E-state index contributed by atoms with van der Waals surface area (Å²) in [6, 6.07) is 0. The van der Waals surface area contributed by atoms with Crippen LogP contribution in [0.25, 0.3) is 0 Å². The van der Waals surface area contributed by atoms with Gasteiger partial charge in [-0.25, -0.2) is 4.79 Å². The van der Waals surface area contributed by atoms with Crippen LogP contribution in [0, 0.1) is 0 Å². The van der Waals surface area contributed by atoms with Gasteiger partial charge in [-0.2, -0.15) is 0 Å². The summed E-state index contributed by atoms with van der Waals surface area (Å²) < 4.78 is 5.15. The second kappa shape index (κ2) is 12.3. The lowest BCUT2D eigenvalue weighted by Crippen LogP contribution is -2.33. The highest BCUT2D eigenvalue weighted by Gasteiger charge is 2.15. The van der Waals surface area contributed by atoms with Crippen molar-refractivity contribution in [1.29, 1.82) is 0 Å². The Morgan fingerprint density at radius 3 is 2.00 bits per heavy atom. The standard InChI is InChI=1S/C16H32N2O4/c1-16(2,3)22-15(21)18-13-8-5-4-7-11-17-12-9-6-10-14(19)20/h17H,4-13H2,1-3H3,(H,18,21)(H,19,20). The molecule has 6 heteroatoms. The summed E-state index contributed by atoms with van der Waals surface area (Å²) in [4.78, 5) is 21.7. The summed E-state index contributed by atoms with van der Waals surface area (Å²) >= 11 is 0. The van der Waals surface area contributed by atoms with E-state index in [0.29, 0.717) is 6.54 Å². The summed E-state index contributed by atoms with van der Waals surface area (Å²) in [5, 5.41) is 14.6. The highest BCUT2D eigenvalue weighted by Crippen LogP contribution is 2.06. The van der Waals surface area contributed by atoms with E-state index < -0.39 is 11.6 Å². The number of unbranched alkanes of at least 4 members (excludes halogenated alkanes) is 4. The molecule has 0 unspecified atom stereocenters. The molecule has 0 aromatic rings. The number of hydrogen-bond donors (Lipinski definition) is 3. The molecule has 22 heavy (non-hydrogen) atoms. The van der Waals surface area contributed by atoms with Crippen molar-refractivity contribution >= 4 is 12.1 Å². The van der Waals surface area contributed by atoms with E-state index in [0.717, 1.165) is 51.6 Å². The van der Waals surface area contributed by atoms with Crippen molar-refractivity contribution in [3.63, 3.8) is 0 Å². The van der Waals surface area contributed by atoms with Crippen molar-refractivity contribution in [2.75, 3.05) is 19.6 Å². The van der Waals surface area contributed by atoms with E-state index in [-0.39, 0.29) is 12.5 Å². The topological polar surface area (TPSA) is 87.7 Å². The second-order valence-electron chi connectivity index (χ2n) is 6.44. The smallest absolute Gasteiger partial charge is 0.407 e. The molecular formula is C16H32N2O4. The van der Waals surface area contributed by atoms with E-state index in [1.165, 1.54) is 0 Å². The van der Waals surface area contributed by atoms with Crippen LogP contribution in [0.4, 0.5) is 4.79 Å². The van der Waals surface area contributed by atoms with Crippen molar-refractivity contribution in [2.45, 2.75) is 71.3 Å². The predicted molar refractivity (Wildman–Crippen MR) is 87.1 cm³/mol. The van der Waals surface area contributed by atoms with Gasteiger partial charge >= 0.3 is 12.1 Å². The third-order valence-corrected chi connectivity index (χ3v) is 2.94. The largest absolute Gasteiger partial charge is 0.481 e. The molecule has 0 aromatic heterocycles. The molecule has 0 heterocycles. The molecule has 1 amide bonds. The molecule has 0 radical (unpaired) electrons. The Kier molecular flexibility index (Phi) is 11.5. The number of rotatable bonds is 12. The lowest BCUT2D eigenvalue weighted by molar-refractivity contribution is -0.137. The number of hydrogen-bond acceptors (Lipinski definition) is 4. The van der Waals surface area contributed by atoms with Crippen molar-refractivity contribution in [3.8, 4) is 0 Å². The van der Waals surface area contributed by atoms with E-state index in [9.17, 15) is 9.59 Å². The first kappa shape index (κ1) is 20.7. The molecule has 0 rings (SSSR count). The highest BCUT2D eigenvalue weighted by atomic mass is 16.6. The van der Waals surface area contributed by atoms with E-state index in [4.69, 9.17) is 9.84 Å². The molecular weight excluding hydrogens is 284 g/mol. The minimum Gasteiger partial charge on any atom is -0.481 e. The van der Waals surface area contributed by atoms with Crippen molar-refractivity contribution in [3.05, 3.63) is 0 Å². The molecule has 0 aliphatic carbocycles. The van der Waals surface area contributed by atoms with Gasteiger partial charge in [-0.1, -0.05) is 12.8 Å². The maximum atomic E-state index is 11.4. The van der Waals surface area contributed by atoms with Crippen LogP contribution in [0.15, 0.2) is 0 Å². The van der Waals surface area contributed by atoms with Gasteiger partial charge in [0, 0.05) is 13.0 Å². The Morgan fingerprint density at radius 1 is 0.909 bits per heavy atom. The molecule has 0 aliphatic rings. The predicted octanol–water partition coefficient (Wildman–Crippen LogP) is 2.92. The van der Waals surface area contributed by atoms with Crippen LogP contribution >= 0.6 is 0 Å². The average Bonchev–Trinajstić information content (AvgIpc) is 2.37. The van der Waals surface area contributed by atoms with Gasteiger partial charge in [0.05, 0.1) is 0 Å². The van der Waals surface area contributed by atoms with Gasteiger partial charge in [-0.15, -0.1) is 0 Å². The average molecular weight is 316 g/mol. The van der Waals surface area contributed by atoms with Crippen molar-refractivity contribution in [2.24, 2.45) is 0 Å². The zero-order chi connectivity index (χ0) is 16.8. The fraction of sp³-hybridized carbons (Fsp3) is 0.875. The van der Waals surface area contributed by atoms with Gasteiger partial charge in [-0.3, -0.25) is 4.79 Å². The molecule has 0 spiro atoms. The quantitative estimate of drug-likeness (QED) is 0.482. The van der Waals surface area contributed by atoms with Gasteiger partial charge in [0.1, 0.15) is 5.60 Å². The Hall–Kier alpha value is -1.30. The Morgan fingerprint density at radius 2 is 1.45 bits per heavy atom. The molecule has 3 N–H and O–H groups in total. The van der Waals surface area contributed by atoms with E-state index in [1.54, 1.807) is 0 Å². The van der Waals surface area contributed by atoms with Crippen molar-refractivity contribution < 1.29 is 19.4 Å². The third kappa shape index (κ3) is 16.8. The van der Waals surface area contributed by atoms with Crippen LogP contribution < -0.4 is 10.6 Å². The molecule has 0 aromatic carbocycles. The minimum absolute atomic E-state index is 0.256. The zero-order valence-corrected chi connectivity index (χ0v) is 14.2. The number of amides is 1. The van der Waals surface area contributed by atoms with Crippen LogP contribution in [0.3, 0.4) is 0 Å². The first-order valence-electron chi connectivity index (χ1n) is 8.20. The number of aliphatic carboxylic acids is 1. The number of ether oxygens (including phenoxy) is 1. The number of carbonyl (C=O) groups excluding carboxylic acids is 1. The second-order valence-corrected chi connectivity index (χ2v) is 6.44. The van der Waals surface area contributed by atoms with Gasteiger partial charge < -0.3 is 20.5 Å². The summed E-state index contributed by atoms with van der Waals surface area (Å²) in [5.41, 5.74) is -0.444. The van der Waals surface area contributed by atoms with Crippen LogP contribution in [0.5, 0.6) is 0 Å². The maximum Gasteiger partial charge on any atom is 0.407 e. The first-order valence-corrected chi connectivity index (χ1v) is 8.20. The molecule has 0 aliphatic heterocycles. The molecule has 0 bridgehead atoms. The monoisotopic (exact) mass is 316 g/mol. The van der Waals surface area contributed by atoms with Crippen LogP contribution in [-0.2, 0) is 9.53 Å². The van der Waals surface area contributed by atoms with Crippen LogP contribution in [-0.4, -0.2) is 42.4 Å². The lowest BCUT2D eigenvalue weighted by atomic mass is 10.2. The summed E-state index contributed by atoms with van der Waals surface area (Å²) in [6.07, 6.45) is 5.81. The SMILES string of the molecule is CC(C)(C)OC(=O)NCCCCCCNCCCCC(=O)O. The Balaban J connectivity index is 3.21. The normalized spacial score (nSPS) is 11.2. The summed E-state index contributed by atoms with van der Waals surface area (Å²) in [7, 11) is 0. The van der Waals surface area contributed by atoms with Gasteiger partial charge in [0.25, 0.3) is 0 Å². The molecule has 0 saturated carbocycles. The number of nitrogens with one attached hydrogen (secondary N) is 2. The Labute approximate surface area is 134 Å². The number of carboxylic acids is 1. The first-order chi connectivity index (χ1) is 10.3. The summed E-state index contributed by atoms with van der Waals surface area (Å²) in [5.74, 6) is -0.722. The Bertz CT molecular complexity index is 314. The molecule has 0 saturated heterocycles. The third-order valence-electron chi connectivity index (χ3n) is 2.94. The summed E-state index contributed by atoms with van der Waals surface area (Å²) in [6.45, 7) is 8.04. The van der Waals surface area contributed by atoms with Gasteiger partial charge in [0.2, 0.25) is 0 Å².